The van der Waals surface area contributed by atoms with E-state index in [-0.39, 0.29) is 5.91 Å². The van der Waals surface area contributed by atoms with Gasteiger partial charge in [0.25, 0.3) is 5.91 Å². The lowest BCUT2D eigenvalue weighted by Gasteiger charge is -2.01. The molecule has 0 bridgehead atoms. The van der Waals surface area contributed by atoms with Crippen molar-refractivity contribution in [2.45, 2.75) is 13.8 Å². The van der Waals surface area contributed by atoms with Crippen molar-refractivity contribution in [2.24, 2.45) is 0 Å². The first-order valence-corrected chi connectivity index (χ1v) is 8.11. The number of hydrogen-bond acceptors (Lipinski definition) is 6. The van der Waals surface area contributed by atoms with Gasteiger partial charge in [0.15, 0.2) is 5.82 Å². The van der Waals surface area contributed by atoms with Crippen LogP contribution in [0.15, 0.2) is 42.2 Å². The molecule has 0 saturated carbocycles. The SMILES string of the molecule is Cc1cc(C)cc(-c2ncn(/C=C\C(=O)NNc3nccs3)n2)c1. The van der Waals surface area contributed by atoms with E-state index in [4.69, 9.17) is 0 Å². The number of hydrazine groups is 1. The summed E-state index contributed by atoms with van der Waals surface area (Å²) in [7, 11) is 0. The molecule has 0 fully saturated rings. The maximum Gasteiger partial charge on any atom is 0.263 e. The number of nitrogens with zero attached hydrogens (tertiary/aromatic N) is 4. The zero-order valence-corrected chi connectivity index (χ0v) is 14.0. The van der Waals surface area contributed by atoms with E-state index in [1.54, 1.807) is 12.5 Å². The second kappa shape index (κ2) is 7.05. The molecule has 3 aromatic rings. The van der Waals surface area contributed by atoms with Crippen molar-refractivity contribution in [3.05, 3.63) is 53.3 Å². The van der Waals surface area contributed by atoms with E-state index >= 15 is 0 Å². The van der Waals surface area contributed by atoms with Crippen LogP contribution in [0.3, 0.4) is 0 Å². The largest absolute Gasteiger partial charge is 0.273 e. The smallest absolute Gasteiger partial charge is 0.263 e. The van der Waals surface area contributed by atoms with E-state index in [2.05, 4.69) is 32.0 Å². The fraction of sp³-hybridized carbons (Fsp3) is 0.125. The monoisotopic (exact) mass is 340 g/mol. The molecule has 0 aliphatic rings. The highest BCUT2D eigenvalue weighted by Gasteiger charge is 2.05. The minimum absolute atomic E-state index is 0.311. The number of carbonyl (C=O) groups is 1. The summed E-state index contributed by atoms with van der Waals surface area (Å²) in [6, 6.07) is 6.16. The lowest BCUT2D eigenvalue weighted by atomic mass is 10.1. The second-order valence-electron chi connectivity index (χ2n) is 5.19. The highest BCUT2D eigenvalue weighted by atomic mass is 32.1. The first-order chi connectivity index (χ1) is 11.6. The molecule has 2 N–H and O–H groups in total. The first kappa shape index (κ1) is 15.9. The summed E-state index contributed by atoms with van der Waals surface area (Å²) < 4.78 is 1.50. The number of aryl methyl sites for hydroxylation is 2. The van der Waals surface area contributed by atoms with E-state index in [0.717, 1.165) is 16.7 Å². The summed E-state index contributed by atoms with van der Waals surface area (Å²) >= 11 is 1.39. The van der Waals surface area contributed by atoms with Crippen LogP contribution in [-0.2, 0) is 4.79 Å². The number of anilines is 1. The molecule has 1 amide bonds. The van der Waals surface area contributed by atoms with Gasteiger partial charge in [-0.25, -0.2) is 14.6 Å². The highest BCUT2D eigenvalue weighted by Crippen LogP contribution is 2.18. The molecule has 0 unspecified atom stereocenters. The minimum atomic E-state index is -0.311. The van der Waals surface area contributed by atoms with Gasteiger partial charge in [-0.05, 0) is 26.0 Å². The van der Waals surface area contributed by atoms with Gasteiger partial charge in [-0.2, -0.15) is 0 Å². The molecule has 8 heteroatoms. The minimum Gasteiger partial charge on any atom is -0.273 e. The van der Waals surface area contributed by atoms with E-state index in [9.17, 15) is 4.79 Å². The maximum atomic E-state index is 11.7. The van der Waals surface area contributed by atoms with E-state index < -0.39 is 0 Å². The predicted octanol–water partition coefficient (Wildman–Crippen LogP) is 2.63. The van der Waals surface area contributed by atoms with Gasteiger partial charge in [-0.15, -0.1) is 16.4 Å². The van der Waals surface area contributed by atoms with Crippen molar-refractivity contribution in [1.82, 2.24) is 25.2 Å². The Morgan fingerprint density at radius 3 is 2.71 bits per heavy atom. The second-order valence-corrected chi connectivity index (χ2v) is 6.09. The molecule has 0 aliphatic carbocycles. The number of amides is 1. The zero-order chi connectivity index (χ0) is 16.9. The highest BCUT2D eigenvalue weighted by molar-refractivity contribution is 7.13. The first-order valence-electron chi connectivity index (χ1n) is 7.23. The molecule has 2 aromatic heterocycles. The van der Waals surface area contributed by atoms with Crippen LogP contribution < -0.4 is 10.9 Å². The molecule has 7 nitrogen and oxygen atoms in total. The summed E-state index contributed by atoms with van der Waals surface area (Å²) in [5.74, 6) is 0.307. The van der Waals surface area contributed by atoms with Crippen LogP contribution in [0.25, 0.3) is 17.6 Å². The fourth-order valence-corrected chi connectivity index (χ4v) is 2.65. The van der Waals surface area contributed by atoms with Gasteiger partial charge in [0.05, 0.1) is 0 Å². The van der Waals surface area contributed by atoms with E-state index in [0.29, 0.717) is 11.0 Å². The third-order valence-electron chi connectivity index (χ3n) is 3.09. The van der Waals surface area contributed by atoms with Gasteiger partial charge in [-0.1, -0.05) is 17.2 Å². The number of rotatable bonds is 5. The molecule has 0 spiro atoms. The molecule has 24 heavy (non-hydrogen) atoms. The summed E-state index contributed by atoms with van der Waals surface area (Å²) in [5.41, 5.74) is 8.50. The normalized spacial score (nSPS) is 10.9. The Kier molecular flexibility index (Phi) is 4.66. The van der Waals surface area contributed by atoms with E-state index in [1.807, 2.05) is 31.4 Å². The molecule has 0 aliphatic heterocycles. The molecule has 2 heterocycles. The summed E-state index contributed by atoms with van der Waals surface area (Å²) in [4.78, 5) is 20.0. The quantitative estimate of drug-likeness (QED) is 0.551. The zero-order valence-electron chi connectivity index (χ0n) is 13.2. The van der Waals surface area contributed by atoms with Crippen LogP contribution in [0.2, 0.25) is 0 Å². The molecule has 122 valence electrons. The molecule has 3 rings (SSSR count). The van der Waals surface area contributed by atoms with Gasteiger partial charge < -0.3 is 0 Å². The number of nitrogens with one attached hydrogen (secondary N) is 2. The van der Waals surface area contributed by atoms with Gasteiger partial charge in [0.2, 0.25) is 5.13 Å². The molecule has 1 aromatic carbocycles. The number of thiazole rings is 1. The summed E-state index contributed by atoms with van der Waals surface area (Å²) in [5, 5.41) is 6.79. The van der Waals surface area contributed by atoms with Crippen LogP contribution in [0.5, 0.6) is 0 Å². The predicted molar refractivity (Wildman–Crippen MR) is 94.1 cm³/mol. The van der Waals surface area contributed by atoms with Gasteiger partial charge in [0.1, 0.15) is 6.33 Å². The van der Waals surface area contributed by atoms with Gasteiger partial charge >= 0.3 is 0 Å². The third kappa shape index (κ3) is 4.05. The van der Waals surface area contributed by atoms with Crippen molar-refractivity contribution in [2.75, 3.05) is 5.43 Å². The molecule has 0 radical (unpaired) electrons. The van der Waals surface area contributed by atoms with Crippen LogP contribution in [0, 0.1) is 13.8 Å². The van der Waals surface area contributed by atoms with Crippen molar-refractivity contribution >= 4 is 28.6 Å². The molecule has 0 saturated heterocycles. The maximum absolute atomic E-state index is 11.7. The van der Waals surface area contributed by atoms with Crippen LogP contribution in [0.4, 0.5) is 5.13 Å². The Balaban J connectivity index is 1.63. The Morgan fingerprint density at radius 2 is 2.00 bits per heavy atom. The fourth-order valence-electron chi connectivity index (χ4n) is 2.17. The Bertz CT molecular complexity index is 848. The van der Waals surface area contributed by atoms with Crippen molar-refractivity contribution in [3.8, 4) is 11.4 Å². The Morgan fingerprint density at radius 1 is 1.21 bits per heavy atom. The average molecular weight is 340 g/mol. The topological polar surface area (TPSA) is 84.7 Å². The summed E-state index contributed by atoms with van der Waals surface area (Å²) in [6.07, 6.45) is 6.11. The van der Waals surface area contributed by atoms with Crippen molar-refractivity contribution in [3.63, 3.8) is 0 Å². The molecular formula is C16H16N6OS. The van der Waals surface area contributed by atoms with Crippen LogP contribution in [0.1, 0.15) is 11.1 Å². The van der Waals surface area contributed by atoms with Crippen molar-refractivity contribution < 1.29 is 4.79 Å². The van der Waals surface area contributed by atoms with Gasteiger partial charge in [0, 0.05) is 29.4 Å². The standard InChI is InChI=1S/C16H16N6OS/c1-11-7-12(2)9-13(8-11)15-18-10-22(21-15)5-3-14(23)19-20-16-17-4-6-24-16/h3-10H,1-2H3,(H,17,20)(H,19,23)/b5-3-. The Hall–Kier alpha value is -3.00. The average Bonchev–Trinajstić information content (AvgIpc) is 3.21. The molecule has 0 atom stereocenters. The number of carbonyl (C=O) groups excluding carboxylic acids is 1. The number of benzene rings is 1. The van der Waals surface area contributed by atoms with Crippen LogP contribution >= 0.6 is 11.3 Å². The number of aromatic nitrogens is 4. The third-order valence-corrected chi connectivity index (χ3v) is 3.78. The summed E-state index contributed by atoms with van der Waals surface area (Å²) in [6.45, 7) is 4.07. The number of hydrogen-bond donors (Lipinski definition) is 2. The lowest BCUT2D eigenvalue weighted by Crippen LogP contribution is -2.27. The van der Waals surface area contributed by atoms with E-state index in [1.165, 1.54) is 28.3 Å². The lowest BCUT2D eigenvalue weighted by molar-refractivity contribution is -0.116. The molecular weight excluding hydrogens is 324 g/mol. The van der Waals surface area contributed by atoms with Gasteiger partial charge in [-0.3, -0.25) is 15.6 Å². The van der Waals surface area contributed by atoms with Crippen LogP contribution in [-0.4, -0.2) is 25.7 Å². The van der Waals surface area contributed by atoms with Crippen molar-refractivity contribution in [1.29, 1.82) is 0 Å². The Labute approximate surface area is 143 Å².